The number of nitrogens with zero attached hydrogens (tertiary/aromatic N) is 3. The van der Waals surface area contributed by atoms with Crippen molar-refractivity contribution in [3.63, 3.8) is 0 Å². The van der Waals surface area contributed by atoms with Gasteiger partial charge in [-0.25, -0.2) is 4.98 Å². The van der Waals surface area contributed by atoms with Crippen LogP contribution in [-0.2, 0) is 5.75 Å². The number of hydrogen-bond acceptors (Lipinski definition) is 5. The second-order valence-corrected chi connectivity index (χ2v) is 11.0. The molecule has 0 saturated carbocycles. The average Bonchev–Trinajstić information content (AvgIpc) is 2.87. The van der Waals surface area contributed by atoms with E-state index >= 15 is 0 Å². The zero-order valence-corrected chi connectivity index (χ0v) is 21.7. The van der Waals surface area contributed by atoms with Gasteiger partial charge in [-0.1, -0.05) is 40.5 Å². The topological polar surface area (TPSA) is 28.6 Å². The molecule has 0 spiro atoms. The number of halogens is 1. The molecule has 0 aliphatic carbocycles. The first-order valence-corrected chi connectivity index (χ1v) is 13.8. The summed E-state index contributed by atoms with van der Waals surface area (Å²) in [6.45, 7) is 4.74. The Bertz CT molecular complexity index is 1090. The highest BCUT2D eigenvalue weighted by atomic mass is 79.9. The first kappa shape index (κ1) is 23.0. The van der Waals surface area contributed by atoms with Crippen molar-refractivity contribution in [1.82, 2.24) is 9.88 Å². The molecule has 0 amide bonds. The number of hydrogen-bond donors (Lipinski definition) is 0. The van der Waals surface area contributed by atoms with Gasteiger partial charge in [-0.15, -0.1) is 11.8 Å². The van der Waals surface area contributed by atoms with Crippen LogP contribution in [0.15, 0.2) is 57.9 Å². The van der Waals surface area contributed by atoms with Crippen LogP contribution >= 0.6 is 27.7 Å². The largest absolute Gasteiger partial charge is 0.496 e. The first-order chi connectivity index (χ1) is 16.2. The standard InChI is InChI=1S/C27H32BrN3OS/c1-32-25-10-9-22(28)17-21(25)19-33-26-18-20-7-3-4-8-24(20)29-27(26)31-15-11-23(12-16-31)30-13-5-2-6-14-30/h3-4,7-10,17-18,23H,2,5-6,11-16,19H2,1H3. The highest BCUT2D eigenvalue weighted by Gasteiger charge is 2.27. The van der Waals surface area contributed by atoms with Gasteiger partial charge < -0.3 is 14.5 Å². The van der Waals surface area contributed by atoms with Crippen LogP contribution in [0, 0.1) is 0 Å². The monoisotopic (exact) mass is 525 g/mol. The van der Waals surface area contributed by atoms with Gasteiger partial charge in [-0.2, -0.15) is 0 Å². The number of likely N-dealkylation sites (tertiary alicyclic amines) is 1. The van der Waals surface area contributed by atoms with E-state index in [1.807, 2.05) is 23.9 Å². The molecular formula is C27H32BrN3OS. The highest BCUT2D eigenvalue weighted by Crippen LogP contribution is 2.37. The summed E-state index contributed by atoms with van der Waals surface area (Å²) in [7, 11) is 1.74. The number of rotatable bonds is 6. The van der Waals surface area contributed by atoms with Crippen LogP contribution < -0.4 is 9.64 Å². The molecule has 3 aromatic rings. The molecule has 3 heterocycles. The third kappa shape index (κ3) is 5.33. The second kappa shape index (κ2) is 10.7. The minimum Gasteiger partial charge on any atom is -0.496 e. The van der Waals surface area contributed by atoms with E-state index in [0.29, 0.717) is 0 Å². The fourth-order valence-corrected chi connectivity index (χ4v) is 6.62. The number of aromatic nitrogens is 1. The Hall–Kier alpha value is -1.76. The van der Waals surface area contributed by atoms with Crippen molar-refractivity contribution in [3.8, 4) is 5.75 Å². The number of pyridine rings is 1. The third-order valence-electron chi connectivity index (χ3n) is 6.97. The van der Waals surface area contributed by atoms with Gasteiger partial charge in [0.2, 0.25) is 0 Å². The Kier molecular flexibility index (Phi) is 7.43. The number of para-hydroxylation sites is 1. The van der Waals surface area contributed by atoms with Crippen molar-refractivity contribution in [2.24, 2.45) is 0 Å². The number of benzene rings is 2. The van der Waals surface area contributed by atoms with Gasteiger partial charge in [0.1, 0.15) is 11.6 Å². The summed E-state index contributed by atoms with van der Waals surface area (Å²) >= 11 is 5.47. The number of anilines is 1. The van der Waals surface area contributed by atoms with Crippen molar-refractivity contribution >= 4 is 44.4 Å². The summed E-state index contributed by atoms with van der Waals surface area (Å²) < 4.78 is 6.69. The van der Waals surface area contributed by atoms with E-state index in [2.05, 4.69) is 62.1 Å². The lowest BCUT2D eigenvalue weighted by Gasteiger charge is -2.41. The van der Waals surface area contributed by atoms with Crippen LogP contribution in [0.4, 0.5) is 5.82 Å². The van der Waals surface area contributed by atoms with Crippen molar-refractivity contribution in [3.05, 3.63) is 58.6 Å². The summed E-state index contributed by atoms with van der Waals surface area (Å²) in [4.78, 5) is 11.7. The molecular weight excluding hydrogens is 494 g/mol. The number of ether oxygens (including phenoxy) is 1. The molecule has 1 aromatic heterocycles. The molecule has 2 saturated heterocycles. The molecule has 33 heavy (non-hydrogen) atoms. The predicted molar refractivity (Wildman–Crippen MR) is 143 cm³/mol. The zero-order valence-electron chi connectivity index (χ0n) is 19.3. The Morgan fingerprint density at radius 2 is 1.79 bits per heavy atom. The smallest absolute Gasteiger partial charge is 0.143 e. The molecule has 0 atom stereocenters. The SMILES string of the molecule is COc1ccc(Br)cc1CSc1cc2ccccc2nc1N1CCC(N2CCCCC2)CC1. The van der Waals surface area contributed by atoms with E-state index < -0.39 is 0 Å². The molecule has 5 rings (SSSR count). The number of thioether (sulfide) groups is 1. The average molecular weight is 527 g/mol. The summed E-state index contributed by atoms with van der Waals surface area (Å²) in [6.07, 6.45) is 6.61. The number of methoxy groups -OCH3 is 1. The fourth-order valence-electron chi connectivity index (χ4n) is 5.16. The van der Waals surface area contributed by atoms with Gasteiger partial charge in [0.25, 0.3) is 0 Å². The fraction of sp³-hybridized carbons (Fsp3) is 0.444. The first-order valence-electron chi connectivity index (χ1n) is 12.1. The summed E-state index contributed by atoms with van der Waals surface area (Å²) in [5.41, 5.74) is 2.27. The van der Waals surface area contributed by atoms with Gasteiger partial charge in [-0.3, -0.25) is 0 Å². The molecule has 2 aromatic carbocycles. The van der Waals surface area contributed by atoms with Crippen LogP contribution in [0.3, 0.4) is 0 Å². The lowest BCUT2D eigenvalue weighted by atomic mass is 10.00. The van der Waals surface area contributed by atoms with Crippen molar-refractivity contribution in [2.45, 2.75) is 48.8 Å². The Morgan fingerprint density at radius 1 is 1.00 bits per heavy atom. The predicted octanol–water partition coefficient (Wildman–Crippen LogP) is 6.75. The van der Waals surface area contributed by atoms with E-state index in [0.717, 1.165) is 46.4 Å². The lowest BCUT2D eigenvalue weighted by Crippen LogP contribution is -2.47. The van der Waals surface area contributed by atoms with E-state index in [1.165, 1.54) is 61.0 Å². The van der Waals surface area contributed by atoms with Crippen LogP contribution in [-0.4, -0.2) is 49.2 Å². The molecule has 6 heteroatoms. The van der Waals surface area contributed by atoms with Crippen LogP contribution in [0.25, 0.3) is 10.9 Å². The zero-order chi connectivity index (χ0) is 22.6. The molecule has 0 radical (unpaired) electrons. The van der Waals surface area contributed by atoms with E-state index in [9.17, 15) is 0 Å². The molecule has 4 nitrogen and oxygen atoms in total. The summed E-state index contributed by atoms with van der Waals surface area (Å²) in [5.74, 6) is 2.92. The molecule has 0 unspecified atom stereocenters. The van der Waals surface area contributed by atoms with E-state index in [-0.39, 0.29) is 0 Å². The normalized spacial score (nSPS) is 18.1. The van der Waals surface area contributed by atoms with E-state index in [4.69, 9.17) is 9.72 Å². The Balaban J connectivity index is 1.37. The molecule has 174 valence electrons. The van der Waals surface area contributed by atoms with Gasteiger partial charge in [0.15, 0.2) is 0 Å². The number of fused-ring (bicyclic) bond motifs is 1. The minimum absolute atomic E-state index is 0.740. The van der Waals surface area contributed by atoms with Gasteiger partial charge >= 0.3 is 0 Å². The maximum atomic E-state index is 5.61. The highest BCUT2D eigenvalue weighted by molar-refractivity contribution is 9.10. The van der Waals surface area contributed by atoms with E-state index in [1.54, 1.807) is 7.11 Å². The molecule has 2 aliphatic rings. The van der Waals surface area contributed by atoms with Gasteiger partial charge in [0.05, 0.1) is 17.5 Å². The second-order valence-electron chi connectivity index (χ2n) is 9.06. The Morgan fingerprint density at radius 3 is 2.58 bits per heavy atom. The number of piperidine rings is 2. The van der Waals surface area contributed by atoms with Crippen LogP contribution in [0.1, 0.15) is 37.7 Å². The van der Waals surface area contributed by atoms with Crippen molar-refractivity contribution in [2.75, 3.05) is 38.2 Å². The molecule has 2 fully saturated rings. The quantitative estimate of drug-likeness (QED) is 0.331. The minimum atomic E-state index is 0.740. The maximum Gasteiger partial charge on any atom is 0.143 e. The van der Waals surface area contributed by atoms with Crippen molar-refractivity contribution < 1.29 is 4.74 Å². The van der Waals surface area contributed by atoms with Crippen molar-refractivity contribution in [1.29, 1.82) is 0 Å². The van der Waals surface area contributed by atoms with Gasteiger partial charge in [-0.05, 0) is 69.1 Å². The lowest BCUT2D eigenvalue weighted by molar-refractivity contribution is 0.141. The van der Waals surface area contributed by atoms with Crippen LogP contribution in [0.5, 0.6) is 5.75 Å². The Labute approximate surface area is 209 Å². The molecule has 0 N–H and O–H groups in total. The molecule has 2 aliphatic heterocycles. The van der Waals surface area contributed by atoms with Gasteiger partial charge in [0, 0.05) is 40.3 Å². The van der Waals surface area contributed by atoms with Crippen LogP contribution in [0.2, 0.25) is 0 Å². The summed E-state index contributed by atoms with van der Waals surface area (Å²) in [6, 6.07) is 17.8. The maximum absolute atomic E-state index is 5.61. The summed E-state index contributed by atoms with van der Waals surface area (Å²) in [5, 5.41) is 1.20. The third-order valence-corrected chi connectivity index (χ3v) is 8.53. The molecule has 0 bridgehead atoms.